The number of para-hydroxylation sites is 1. The summed E-state index contributed by atoms with van der Waals surface area (Å²) in [5.74, 6) is 2.19. The van der Waals surface area contributed by atoms with Gasteiger partial charge >= 0.3 is 0 Å². The Morgan fingerprint density at radius 2 is 1.57 bits per heavy atom. The molecule has 2 amide bonds. The first-order valence-corrected chi connectivity index (χ1v) is 16.7. The van der Waals surface area contributed by atoms with Crippen molar-refractivity contribution in [2.75, 3.05) is 26.6 Å². The van der Waals surface area contributed by atoms with Gasteiger partial charge in [-0.15, -0.1) is 10.2 Å². The Kier molecular flexibility index (Phi) is 10.5. The summed E-state index contributed by atoms with van der Waals surface area (Å²) < 4.78 is 18.1. The van der Waals surface area contributed by atoms with Gasteiger partial charge < -0.3 is 19.5 Å². The number of ether oxygens (including phenoxy) is 3. The number of thioether (sulfide) groups is 1. The highest BCUT2D eigenvalue weighted by atomic mass is 32.2. The molecule has 0 unspecified atom stereocenters. The van der Waals surface area contributed by atoms with E-state index in [9.17, 15) is 9.59 Å². The predicted molar refractivity (Wildman–Crippen MR) is 187 cm³/mol. The van der Waals surface area contributed by atoms with Gasteiger partial charge in [-0.25, -0.2) is 5.01 Å². The van der Waals surface area contributed by atoms with Gasteiger partial charge in [-0.2, -0.15) is 5.10 Å². The van der Waals surface area contributed by atoms with E-state index >= 15 is 0 Å². The summed E-state index contributed by atoms with van der Waals surface area (Å²) >= 11 is 1.27. The molecule has 49 heavy (non-hydrogen) atoms. The zero-order chi connectivity index (χ0) is 34.2. The van der Waals surface area contributed by atoms with Crippen molar-refractivity contribution < 1.29 is 23.8 Å². The fourth-order valence-electron chi connectivity index (χ4n) is 5.41. The van der Waals surface area contributed by atoms with Gasteiger partial charge in [0, 0.05) is 12.1 Å². The molecule has 1 aliphatic heterocycles. The van der Waals surface area contributed by atoms with Crippen molar-refractivity contribution in [3.8, 4) is 22.9 Å². The summed E-state index contributed by atoms with van der Waals surface area (Å²) in [6.45, 7) is 1.98. The summed E-state index contributed by atoms with van der Waals surface area (Å²) in [7, 11) is 3.25. The number of aryl methyl sites for hydroxylation is 1. The number of hydrogen-bond acceptors (Lipinski definition) is 9. The van der Waals surface area contributed by atoms with Crippen LogP contribution in [0.15, 0.2) is 113 Å². The number of nitrogens with one attached hydrogen (secondary N) is 1. The molecule has 5 aromatic rings. The minimum Gasteiger partial charge on any atom is -0.497 e. The molecule has 1 aliphatic rings. The average Bonchev–Trinajstić information content (AvgIpc) is 3.78. The van der Waals surface area contributed by atoms with Crippen LogP contribution < -0.4 is 19.5 Å². The van der Waals surface area contributed by atoms with Crippen LogP contribution in [0.2, 0.25) is 0 Å². The van der Waals surface area contributed by atoms with E-state index in [4.69, 9.17) is 19.3 Å². The second kappa shape index (κ2) is 15.5. The molecule has 11 nitrogen and oxygen atoms in total. The summed E-state index contributed by atoms with van der Waals surface area (Å²) in [4.78, 5) is 26.6. The number of nitrogens with zero attached hydrogens (tertiary/aromatic N) is 5. The Balaban J connectivity index is 1.20. The first-order chi connectivity index (χ1) is 23.9. The van der Waals surface area contributed by atoms with E-state index < -0.39 is 0 Å². The molecule has 0 saturated heterocycles. The van der Waals surface area contributed by atoms with Gasteiger partial charge in [-0.3, -0.25) is 14.2 Å². The van der Waals surface area contributed by atoms with Crippen molar-refractivity contribution >= 4 is 29.3 Å². The quantitative estimate of drug-likeness (QED) is 0.157. The van der Waals surface area contributed by atoms with Crippen molar-refractivity contribution in [1.82, 2.24) is 25.1 Å². The smallest absolute Gasteiger partial charge is 0.258 e. The third-order valence-electron chi connectivity index (χ3n) is 7.93. The van der Waals surface area contributed by atoms with Gasteiger partial charge in [0.2, 0.25) is 0 Å². The normalized spacial score (nSPS) is 13.9. The van der Waals surface area contributed by atoms with Gasteiger partial charge in [-0.05, 0) is 84.3 Å². The zero-order valence-corrected chi connectivity index (χ0v) is 28.2. The van der Waals surface area contributed by atoms with Crippen LogP contribution in [0, 0.1) is 6.92 Å². The predicted octanol–water partition coefficient (Wildman–Crippen LogP) is 5.76. The molecular formula is C37H36N6O5S. The Labute approximate surface area is 288 Å². The average molecular weight is 677 g/mol. The molecule has 0 bridgehead atoms. The second-order valence-electron chi connectivity index (χ2n) is 11.2. The molecule has 0 fully saturated rings. The van der Waals surface area contributed by atoms with Crippen LogP contribution in [0.5, 0.6) is 17.2 Å². The molecule has 0 radical (unpaired) electrons. The lowest BCUT2D eigenvalue weighted by molar-refractivity contribution is -0.130. The monoisotopic (exact) mass is 676 g/mol. The van der Waals surface area contributed by atoms with E-state index in [2.05, 4.69) is 15.5 Å². The minimum absolute atomic E-state index is 0.0628. The molecule has 0 saturated carbocycles. The molecule has 0 spiro atoms. The third-order valence-corrected chi connectivity index (χ3v) is 8.85. The Bertz CT molecular complexity index is 1930. The minimum atomic E-state index is -0.297. The first kappa shape index (κ1) is 33.3. The molecule has 1 aromatic heterocycles. The molecule has 12 heteroatoms. The molecular weight excluding hydrogens is 641 g/mol. The van der Waals surface area contributed by atoms with Crippen LogP contribution in [-0.2, 0) is 16.1 Å². The fraction of sp³-hybridized carbons (Fsp3) is 0.216. The van der Waals surface area contributed by atoms with E-state index in [1.807, 2.05) is 102 Å². The summed E-state index contributed by atoms with van der Waals surface area (Å²) in [6, 6.07) is 32.1. The van der Waals surface area contributed by atoms with Crippen molar-refractivity contribution in [3.05, 3.63) is 126 Å². The van der Waals surface area contributed by atoms with E-state index in [0.29, 0.717) is 23.2 Å². The van der Waals surface area contributed by atoms with Gasteiger partial charge in [0.1, 0.15) is 17.2 Å². The van der Waals surface area contributed by atoms with Crippen LogP contribution in [-0.4, -0.2) is 63.9 Å². The summed E-state index contributed by atoms with van der Waals surface area (Å²) in [5, 5.41) is 18.6. The van der Waals surface area contributed by atoms with Gasteiger partial charge in [0.15, 0.2) is 17.6 Å². The summed E-state index contributed by atoms with van der Waals surface area (Å²) in [5.41, 5.74) is 4.54. The van der Waals surface area contributed by atoms with E-state index in [1.54, 1.807) is 31.4 Å². The van der Waals surface area contributed by atoms with E-state index in [0.717, 1.165) is 39.6 Å². The van der Waals surface area contributed by atoms with Crippen molar-refractivity contribution in [1.29, 1.82) is 0 Å². The topological polar surface area (TPSA) is 120 Å². The molecule has 1 N–H and O–H groups in total. The number of carbonyl (C=O) groups is 2. The van der Waals surface area contributed by atoms with Crippen molar-refractivity contribution in [2.45, 2.75) is 31.1 Å². The van der Waals surface area contributed by atoms with Crippen LogP contribution in [0.25, 0.3) is 5.69 Å². The van der Waals surface area contributed by atoms with Crippen LogP contribution in [0.1, 0.15) is 35.0 Å². The highest BCUT2D eigenvalue weighted by Gasteiger charge is 2.33. The maximum Gasteiger partial charge on any atom is 0.258 e. The SMILES string of the molecule is COc1ccc(C2=NN(C(=O)CSc3nnc(CNC(=O)COc4ccccc4)n3-c3cccc(C)c3)[C@@H](c3ccc(OC)cc3)C2)cc1. The van der Waals surface area contributed by atoms with E-state index in [-0.39, 0.29) is 36.8 Å². The van der Waals surface area contributed by atoms with Crippen LogP contribution in [0.4, 0.5) is 0 Å². The van der Waals surface area contributed by atoms with Crippen LogP contribution >= 0.6 is 11.8 Å². The van der Waals surface area contributed by atoms with Crippen molar-refractivity contribution in [2.24, 2.45) is 5.10 Å². The molecule has 1 atom stereocenters. The Morgan fingerprint density at radius 1 is 0.857 bits per heavy atom. The lowest BCUT2D eigenvalue weighted by Crippen LogP contribution is -2.29. The number of benzene rings is 4. The van der Waals surface area contributed by atoms with Gasteiger partial charge in [0.05, 0.1) is 38.3 Å². The molecule has 4 aromatic carbocycles. The maximum absolute atomic E-state index is 13.9. The number of hydrazone groups is 1. The van der Waals surface area contributed by atoms with Crippen molar-refractivity contribution in [3.63, 3.8) is 0 Å². The zero-order valence-electron chi connectivity index (χ0n) is 27.4. The number of carbonyl (C=O) groups excluding carboxylic acids is 2. The number of hydrogen-bond donors (Lipinski definition) is 1. The molecule has 2 heterocycles. The standard InChI is InChI=1S/C37H36N6O5S/c1-25-8-7-9-28(20-25)42-34(22-38-35(44)23-48-31-10-5-4-6-11-31)39-40-37(42)49-24-36(45)43-33(27-14-18-30(47-3)19-15-27)21-32(41-43)26-12-16-29(46-2)17-13-26/h4-20,33H,21-24H2,1-3H3,(H,38,44)/t33-/m1/s1. The number of amides is 2. The molecule has 6 rings (SSSR count). The first-order valence-electron chi connectivity index (χ1n) is 15.7. The number of aromatic nitrogens is 3. The largest absolute Gasteiger partial charge is 0.497 e. The third kappa shape index (κ3) is 8.10. The lowest BCUT2D eigenvalue weighted by atomic mass is 9.98. The number of methoxy groups -OCH3 is 2. The second-order valence-corrected chi connectivity index (χ2v) is 12.2. The van der Waals surface area contributed by atoms with Crippen LogP contribution in [0.3, 0.4) is 0 Å². The molecule has 250 valence electrons. The Hall–Kier alpha value is -5.62. The summed E-state index contributed by atoms with van der Waals surface area (Å²) in [6.07, 6.45) is 0.548. The highest BCUT2D eigenvalue weighted by Crippen LogP contribution is 2.35. The number of rotatable bonds is 13. The lowest BCUT2D eigenvalue weighted by Gasteiger charge is -2.22. The fourth-order valence-corrected chi connectivity index (χ4v) is 6.23. The maximum atomic E-state index is 13.9. The van der Waals surface area contributed by atoms with E-state index in [1.165, 1.54) is 11.8 Å². The molecule has 0 aliphatic carbocycles. The Morgan fingerprint density at radius 3 is 2.27 bits per heavy atom. The van der Waals surface area contributed by atoms with Gasteiger partial charge in [0.25, 0.3) is 11.8 Å². The van der Waals surface area contributed by atoms with Gasteiger partial charge in [-0.1, -0.05) is 54.2 Å². The highest BCUT2D eigenvalue weighted by molar-refractivity contribution is 7.99.